The molecular weight excluding hydrogens is 202 g/mol. The van der Waals surface area contributed by atoms with Crippen LogP contribution in [0.5, 0.6) is 0 Å². The molecule has 16 heavy (non-hydrogen) atoms. The van der Waals surface area contributed by atoms with E-state index in [1.54, 1.807) is 0 Å². The Morgan fingerprint density at radius 2 is 1.88 bits per heavy atom. The Morgan fingerprint density at radius 1 is 1.31 bits per heavy atom. The van der Waals surface area contributed by atoms with Gasteiger partial charge in [0.05, 0.1) is 6.04 Å². The van der Waals surface area contributed by atoms with Crippen LogP contribution in [0.25, 0.3) is 0 Å². The zero-order valence-electron chi connectivity index (χ0n) is 10.3. The summed E-state index contributed by atoms with van der Waals surface area (Å²) in [5.41, 5.74) is 2.31. The lowest BCUT2D eigenvalue weighted by atomic mass is 10.0. The summed E-state index contributed by atoms with van der Waals surface area (Å²) in [5, 5.41) is 0. The van der Waals surface area contributed by atoms with Crippen LogP contribution in [-0.4, -0.2) is 29.9 Å². The van der Waals surface area contributed by atoms with E-state index < -0.39 is 0 Å². The van der Waals surface area contributed by atoms with Crippen molar-refractivity contribution in [2.24, 2.45) is 23.6 Å². The second kappa shape index (κ2) is 4.72. The normalized spacial score (nSPS) is 31.8. The fourth-order valence-electron chi connectivity index (χ4n) is 3.47. The lowest BCUT2D eigenvalue weighted by Crippen LogP contribution is -2.51. The topological polar surface area (TPSA) is 58.4 Å². The molecule has 0 aromatic heterocycles. The number of nitrogens with zero attached hydrogens (tertiary/aromatic N) is 1. The minimum atomic E-state index is -0.0457. The van der Waals surface area contributed by atoms with Gasteiger partial charge >= 0.3 is 0 Å². The molecule has 0 bridgehead atoms. The highest BCUT2D eigenvalue weighted by Crippen LogP contribution is 2.39. The number of rotatable bonds is 3. The quantitative estimate of drug-likeness (QED) is 0.423. The van der Waals surface area contributed by atoms with Crippen molar-refractivity contribution in [3.05, 3.63) is 0 Å². The van der Waals surface area contributed by atoms with Gasteiger partial charge in [-0.05, 0) is 30.6 Å². The Kier molecular flexibility index (Phi) is 3.50. The molecule has 1 amide bonds. The van der Waals surface area contributed by atoms with Gasteiger partial charge in [0, 0.05) is 13.1 Å². The summed E-state index contributed by atoms with van der Waals surface area (Å²) in [4.78, 5) is 14.1. The highest BCUT2D eigenvalue weighted by Gasteiger charge is 2.41. The van der Waals surface area contributed by atoms with Crippen LogP contribution >= 0.6 is 0 Å². The standard InChI is InChI=1S/C12H23N3O/c1-8(2)11(12(16)14-13)15-6-9-4-3-5-10(9)7-15/h8-11H,3-7,13H2,1-2H3,(H,14,16). The van der Waals surface area contributed by atoms with Crippen molar-refractivity contribution < 1.29 is 4.79 Å². The molecule has 0 radical (unpaired) electrons. The molecule has 3 atom stereocenters. The fraction of sp³-hybridized carbons (Fsp3) is 0.917. The molecule has 1 aliphatic heterocycles. The van der Waals surface area contributed by atoms with Gasteiger partial charge in [-0.1, -0.05) is 20.3 Å². The molecule has 1 heterocycles. The predicted molar refractivity (Wildman–Crippen MR) is 63.4 cm³/mol. The molecule has 0 aromatic rings. The monoisotopic (exact) mass is 225 g/mol. The van der Waals surface area contributed by atoms with Crippen LogP contribution in [0.1, 0.15) is 33.1 Å². The maximum atomic E-state index is 11.8. The Morgan fingerprint density at radius 3 is 2.31 bits per heavy atom. The molecule has 1 aliphatic carbocycles. The zero-order valence-corrected chi connectivity index (χ0v) is 10.3. The molecule has 92 valence electrons. The molecule has 0 aromatic carbocycles. The van der Waals surface area contributed by atoms with Crippen LogP contribution < -0.4 is 11.3 Å². The summed E-state index contributed by atoms with van der Waals surface area (Å²) in [6.07, 6.45) is 4.06. The van der Waals surface area contributed by atoms with E-state index in [-0.39, 0.29) is 11.9 Å². The first-order chi connectivity index (χ1) is 7.63. The van der Waals surface area contributed by atoms with E-state index in [4.69, 9.17) is 5.84 Å². The second-order valence-corrected chi connectivity index (χ2v) is 5.60. The van der Waals surface area contributed by atoms with Gasteiger partial charge in [-0.3, -0.25) is 15.1 Å². The minimum Gasteiger partial charge on any atom is -0.293 e. The summed E-state index contributed by atoms with van der Waals surface area (Å²) in [7, 11) is 0. The SMILES string of the molecule is CC(C)C(C(=O)NN)N1CC2CCCC2C1. The number of hydrogen-bond acceptors (Lipinski definition) is 3. The third-order valence-corrected chi connectivity index (χ3v) is 4.19. The van der Waals surface area contributed by atoms with Crippen LogP contribution in [0.15, 0.2) is 0 Å². The smallest absolute Gasteiger partial charge is 0.251 e. The molecule has 4 heteroatoms. The fourth-order valence-corrected chi connectivity index (χ4v) is 3.47. The predicted octanol–water partition coefficient (Wildman–Crippen LogP) is 0.733. The molecule has 1 saturated heterocycles. The lowest BCUT2D eigenvalue weighted by Gasteiger charge is -2.29. The molecule has 3 N–H and O–H groups in total. The van der Waals surface area contributed by atoms with Gasteiger partial charge in [-0.25, -0.2) is 5.84 Å². The first-order valence-corrected chi connectivity index (χ1v) is 6.38. The Labute approximate surface area is 97.5 Å². The van der Waals surface area contributed by atoms with Crippen LogP contribution in [0.4, 0.5) is 0 Å². The number of hydrazine groups is 1. The first-order valence-electron chi connectivity index (χ1n) is 6.38. The highest BCUT2D eigenvalue weighted by atomic mass is 16.2. The van der Waals surface area contributed by atoms with Gasteiger partial charge in [-0.15, -0.1) is 0 Å². The van der Waals surface area contributed by atoms with E-state index in [1.807, 2.05) is 0 Å². The van der Waals surface area contributed by atoms with E-state index in [2.05, 4.69) is 24.2 Å². The largest absolute Gasteiger partial charge is 0.293 e. The number of fused-ring (bicyclic) bond motifs is 1. The summed E-state index contributed by atoms with van der Waals surface area (Å²) in [5.74, 6) is 7.21. The summed E-state index contributed by atoms with van der Waals surface area (Å²) in [6.45, 7) is 6.35. The number of hydrogen-bond donors (Lipinski definition) is 2. The first kappa shape index (κ1) is 11.9. The van der Waals surface area contributed by atoms with Crippen LogP contribution in [-0.2, 0) is 4.79 Å². The molecular formula is C12H23N3O. The van der Waals surface area contributed by atoms with Gasteiger partial charge in [-0.2, -0.15) is 0 Å². The molecule has 2 fully saturated rings. The maximum Gasteiger partial charge on any atom is 0.251 e. The maximum absolute atomic E-state index is 11.8. The third kappa shape index (κ3) is 2.09. The van der Waals surface area contributed by atoms with Gasteiger partial charge in [0.15, 0.2) is 0 Å². The van der Waals surface area contributed by atoms with Gasteiger partial charge in [0.25, 0.3) is 5.91 Å². The number of carbonyl (C=O) groups is 1. The van der Waals surface area contributed by atoms with Gasteiger partial charge < -0.3 is 0 Å². The third-order valence-electron chi connectivity index (χ3n) is 4.19. The zero-order chi connectivity index (χ0) is 11.7. The second-order valence-electron chi connectivity index (χ2n) is 5.60. The van der Waals surface area contributed by atoms with E-state index in [0.29, 0.717) is 5.92 Å². The van der Waals surface area contributed by atoms with E-state index in [1.165, 1.54) is 19.3 Å². The van der Waals surface area contributed by atoms with Crippen molar-refractivity contribution in [3.8, 4) is 0 Å². The van der Waals surface area contributed by atoms with Crippen molar-refractivity contribution in [2.75, 3.05) is 13.1 Å². The Hall–Kier alpha value is -0.610. The van der Waals surface area contributed by atoms with Crippen molar-refractivity contribution in [3.63, 3.8) is 0 Å². The summed E-state index contributed by atoms with van der Waals surface area (Å²) < 4.78 is 0. The molecule has 3 unspecified atom stereocenters. The molecule has 2 aliphatic rings. The molecule has 0 spiro atoms. The summed E-state index contributed by atoms with van der Waals surface area (Å²) in [6, 6.07) is -0.0457. The van der Waals surface area contributed by atoms with Gasteiger partial charge in [0.1, 0.15) is 0 Å². The average Bonchev–Trinajstić information content (AvgIpc) is 2.77. The van der Waals surface area contributed by atoms with Crippen molar-refractivity contribution in [1.82, 2.24) is 10.3 Å². The van der Waals surface area contributed by atoms with E-state index in [0.717, 1.165) is 24.9 Å². The average molecular weight is 225 g/mol. The number of carbonyl (C=O) groups excluding carboxylic acids is 1. The lowest BCUT2D eigenvalue weighted by molar-refractivity contribution is -0.127. The molecule has 4 nitrogen and oxygen atoms in total. The molecule has 1 saturated carbocycles. The number of amides is 1. The van der Waals surface area contributed by atoms with Crippen molar-refractivity contribution in [2.45, 2.75) is 39.2 Å². The number of nitrogens with one attached hydrogen (secondary N) is 1. The Bertz CT molecular complexity index is 255. The Balaban J connectivity index is 2.02. The number of likely N-dealkylation sites (tertiary alicyclic amines) is 1. The van der Waals surface area contributed by atoms with Crippen LogP contribution in [0, 0.1) is 17.8 Å². The number of nitrogens with two attached hydrogens (primary N) is 1. The van der Waals surface area contributed by atoms with Crippen molar-refractivity contribution in [1.29, 1.82) is 0 Å². The summed E-state index contributed by atoms with van der Waals surface area (Å²) >= 11 is 0. The minimum absolute atomic E-state index is 0.0324. The molecule has 2 rings (SSSR count). The van der Waals surface area contributed by atoms with E-state index >= 15 is 0 Å². The van der Waals surface area contributed by atoms with Crippen LogP contribution in [0.2, 0.25) is 0 Å². The van der Waals surface area contributed by atoms with E-state index in [9.17, 15) is 4.79 Å². The van der Waals surface area contributed by atoms with Crippen LogP contribution in [0.3, 0.4) is 0 Å². The van der Waals surface area contributed by atoms with Gasteiger partial charge in [0.2, 0.25) is 0 Å². The van der Waals surface area contributed by atoms with Crippen molar-refractivity contribution >= 4 is 5.91 Å². The highest BCUT2D eigenvalue weighted by molar-refractivity contribution is 5.81.